The topological polar surface area (TPSA) is 76.3 Å². The molecule has 6 nitrogen and oxygen atoms in total. The van der Waals surface area contributed by atoms with Gasteiger partial charge in [-0.1, -0.05) is 59.8 Å². The molecule has 0 bridgehead atoms. The Balaban J connectivity index is 1.56. The van der Waals surface area contributed by atoms with Crippen LogP contribution in [0, 0.1) is 5.82 Å². The minimum absolute atomic E-state index is 0.0556. The predicted molar refractivity (Wildman–Crippen MR) is 125 cm³/mol. The number of thioether (sulfide) groups is 1. The Morgan fingerprint density at radius 2 is 1.84 bits per heavy atom. The number of benzene rings is 3. The zero-order chi connectivity index (χ0) is 22.5. The van der Waals surface area contributed by atoms with E-state index in [0.717, 1.165) is 18.0 Å². The highest BCUT2D eigenvalue weighted by molar-refractivity contribution is 7.99. The van der Waals surface area contributed by atoms with E-state index >= 15 is 0 Å². The molecule has 3 aromatic carbocycles. The molecule has 0 saturated heterocycles. The molecular weight excluding hydrogens is 451 g/mol. The van der Waals surface area contributed by atoms with Gasteiger partial charge in [0, 0.05) is 5.56 Å². The van der Waals surface area contributed by atoms with Crippen molar-refractivity contribution in [3.63, 3.8) is 0 Å². The van der Waals surface area contributed by atoms with Gasteiger partial charge in [0.2, 0.25) is 0 Å². The second-order valence-electron chi connectivity index (χ2n) is 6.60. The van der Waals surface area contributed by atoms with Crippen molar-refractivity contribution in [2.24, 2.45) is 5.10 Å². The highest BCUT2D eigenvalue weighted by atomic mass is 35.5. The maximum absolute atomic E-state index is 13.8. The van der Waals surface area contributed by atoms with E-state index in [0.29, 0.717) is 21.7 Å². The number of nitrogens with one attached hydrogen (secondary N) is 1. The number of aromatic nitrogens is 2. The SMILES string of the molecule is O=C(CSc1nc2ccccc2c(=O)n1-c1ccccc1)NN=Cc1c(F)cccc1Cl. The smallest absolute Gasteiger partial charge is 0.266 e. The first kappa shape index (κ1) is 21.7. The summed E-state index contributed by atoms with van der Waals surface area (Å²) >= 11 is 7.03. The zero-order valence-electron chi connectivity index (χ0n) is 16.5. The fourth-order valence-corrected chi connectivity index (χ4v) is 4.00. The molecule has 1 amide bonds. The van der Waals surface area contributed by atoms with Crippen LogP contribution in [-0.2, 0) is 4.79 Å². The van der Waals surface area contributed by atoms with Gasteiger partial charge in [0.1, 0.15) is 5.82 Å². The number of hydrogen-bond acceptors (Lipinski definition) is 5. The first-order chi connectivity index (χ1) is 15.5. The molecule has 0 aliphatic carbocycles. The van der Waals surface area contributed by atoms with Crippen LogP contribution in [0.25, 0.3) is 16.6 Å². The molecule has 4 aromatic rings. The lowest BCUT2D eigenvalue weighted by atomic mass is 10.2. The van der Waals surface area contributed by atoms with Crippen molar-refractivity contribution >= 4 is 46.4 Å². The van der Waals surface area contributed by atoms with Gasteiger partial charge in [-0.15, -0.1) is 0 Å². The Kier molecular flexibility index (Phi) is 6.63. The quantitative estimate of drug-likeness (QED) is 0.197. The van der Waals surface area contributed by atoms with Gasteiger partial charge in [0.25, 0.3) is 11.5 Å². The van der Waals surface area contributed by atoms with Crippen LogP contribution in [0.4, 0.5) is 4.39 Å². The number of nitrogens with zero attached hydrogens (tertiary/aromatic N) is 3. The summed E-state index contributed by atoms with van der Waals surface area (Å²) in [5.74, 6) is -1.04. The van der Waals surface area contributed by atoms with Crippen molar-refractivity contribution in [2.45, 2.75) is 5.16 Å². The van der Waals surface area contributed by atoms with Crippen LogP contribution < -0.4 is 11.0 Å². The Morgan fingerprint density at radius 3 is 2.62 bits per heavy atom. The summed E-state index contributed by atoms with van der Waals surface area (Å²) in [5, 5.41) is 4.81. The molecule has 0 radical (unpaired) electrons. The van der Waals surface area contributed by atoms with Gasteiger partial charge in [0.05, 0.1) is 33.6 Å². The average Bonchev–Trinajstić information content (AvgIpc) is 2.80. The zero-order valence-corrected chi connectivity index (χ0v) is 18.1. The lowest BCUT2D eigenvalue weighted by molar-refractivity contribution is -0.118. The van der Waals surface area contributed by atoms with E-state index in [1.807, 2.05) is 18.2 Å². The van der Waals surface area contributed by atoms with Crippen LogP contribution in [0.2, 0.25) is 5.02 Å². The fourth-order valence-electron chi connectivity index (χ4n) is 2.98. The van der Waals surface area contributed by atoms with Gasteiger partial charge in [0.15, 0.2) is 5.16 Å². The summed E-state index contributed by atoms with van der Waals surface area (Å²) < 4.78 is 15.3. The molecule has 0 spiro atoms. The van der Waals surface area contributed by atoms with Crippen LogP contribution in [0.15, 0.2) is 87.8 Å². The highest BCUT2D eigenvalue weighted by Crippen LogP contribution is 2.21. The Bertz CT molecular complexity index is 1360. The molecule has 0 unspecified atom stereocenters. The van der Waals surface area contributed by atoms with Crippen LogP contribution in [0.3, 0.4) is 0 Å². The molecule has 1 aromatic heterocycles. The van der Waals surface area contributed by atoms with E-state index in [4.69, 9.17) is 11.6 Å². The Morgan fingerprint density at radius 1 is 1.09 bits per heavy atom. The van der Waals surface area contributed by atoms with Crippen LogP contribution >= 0.6 is 23.4 Å². The Hall–Kier alpha value is -3.49. The summed E-state index contributed by atoms with van der Waals surface area (Å²) in [5.41, 5.74) is 3.38. The number of fused-ring (bicyclic) bond motifs is 1. The van der Waals surface area contributed by atoms with E-state index in [2.05, 4.69) is 15.5 Å². The maximum Gasteiger partial charge on any atom is 0.266 e. The fraction of sp³-hybridized carbons (Fsp3) is 0.0435. The van der Waals surface area contributed by atoms with E-state index in [1.165, 1.54) is 22.8 Å². The normalized spacial score (nSPS) is 11.2. The molecular formula is C23H16ClFN4O2S. The number of amides is 1. The molecule has 160 valence electrons. The van der Waals surface area contributed by atoms with E-state index < -0.39 is 11.7 Å². The average molecular weight is 467 g/mol. The van der Waals surface area contributed by atoms with Gasteiger partial charge in [-0.25, -0.2) is 14.8 Å². The number of rotatable bonds is 6. The van der Waals surface area contributed by atoms with Crippen molar-refractivity contribution in [2.75, 3.05) is 5.75 Å². The lowest BCUT2D eigenvalue weighted by Crippen LogP contribution is -2.24. The molecule has 1 heterocycles. The third-order valence-corrected chi connectivity index (χ3v) is 5.74. The Labute approximate surface area is 191 Å². The predicted octanol–water partition coefficient (Wildman–Crippen LogP) is 4.42. The molecule has 1 N–H and O–H groups in total. The molecule has 4 rings (SSSR count). The van der Waals surface area contributed by atoms with Crippen LogP contribution in [-0.4, -0.2) is 27.4 Å². The summed E-state index contributed by atoms with van der Waals surface area (Å²) in [7, 11) is 0. The minimum Gasteiger partial charge on any atom is -0.272 e. The number of hydrogen-bond donors (Lipinski definition) is 1. The summed E-state index contributed by atoms with van der Waals surface area (Å²) in [6.07, 6.45) is 1.15. The van der Waals surface area contributed by atoms with Gasteiger partial charge in [-0.3, -0.25) is 14.2 Å². The van der Waals surface area contributed by atoms with E-state index in [-0.39, 0.29) is 21.9 Å². The molecule has 9 heteroatoms. The van der Waals surface area contributed by atoms with E-state index in [9.17, 15) is 14.0 Å². The van der Waals surface area contributed by atoms with Crippen molar-refractivity contribution in [3.8, 4) is 5.69 Å². The third kappa shape index (κ3) is 4.71. The van der Waals surface area contributed by atoms with Crippen LogP contribution in [0.1, 0.15) is 5.56 Å². The number of para-hydroxylation sites is 2. The number of carbonyl (C=O) groups is 1. The molecule has 0 saturated carbocycles. The van der Waals surface area contributed by atoms with Crippen molar-refractivity contribution in [3.05, 3.63) is 99.6 Å². The van der Waals surface area contributed by atoms with Gasteiger partial charge < -0.3 is 0 Å². The highest BCUT2D eigenvalue weighted by Gasteiger charge is 2.14. The maximum atomic E-state index is 13.8. The molecule has 0 aliphatic rings. The largest absolute Gasteiger partial charge is 0.272 e. The first-order valence-corrected chi connectivity index (χ1v) is 10.9. The standard InChI is InChI=1S/C23H16ClFN4O2S/c24-18-10-6-11-19(25)17(18)13-26-28-21(30)14-32-23-27-20-12-5-4-9-16(20)22(31)29(23)15-7-2-1-3-8-15/h1-13H,14H2,(H,28,30). The lowest BCUT2D eigenvalue weighted by Gasteiger charge is -2.12. The summed E-state index contributed by atoms with van der Waals surface area (Å²) in [6.45, 7) is 0. The number of halogens is 2. The molecule has 0 atom stereocenters. The second kappa shape index (κ2) is 9.76. The molecule has 0 aliphatic heterocycles. The summed E-state index contributed by atoms with van der Waals surface area (Å²) in [4.78, 5) is 30.0. The third-order valence-electron chi connectivity index (χ3n) is 4.47. The summed E-state index contributed by atoms with van der Waals surface area (Å²) in [6, 6.07) is 20.4. The van der Waals surface area contributed by atoms with Gasteiger partial charge in [-0.2, -0.15) is 5.10 Å². The van der Waals surface area contributed by atoms with Crippen molar-refractivity contribution < 1.29 is 9.18 Å². The minimum atomic E-state index is -0.544. The number of carbonyl (C=O) groups excluding carboxylic acids is 1. The molecule has 0 fully saturated rings. The van der Waals surface area contributed by atoms with Crippen molar-refractivity contribution in [1.82, 2.24) is 15.0 Å². The van der Waals surface area contributed by atoms with Gasteiger partial charge in [-0.05, 0) is 36.4 Å². The first-order valence-electron chi connectivity index (χ1n) is 9.50. The van der Waals surface area contributed by atoms with Crippen LogP contribution in [0.5, 0.6) is 0 Å². The monoisotopic (exact) mass is 466 g/mol. The van der Waals surface area contributed by atoms with Gasteiger partial charge >= 0.3 is 0 Å². The van der Waals surface area contributed by atoms with Crippen molar-refractivity contribution in [1.29, 1.82) is 0 Å². The molecule has 32 heavy (non-hydrogen) atoms. The van der Waals surface area contributed by atoms with E-state index in [1.54, 1.807) is 36.4 Å². The number of hydrazone groups is 1. The second-order valence-corrected chi connectivity index (χ2v) is 7.95.